The molecule has 0 saturated heterocycles. The van der Waals surface area contributed by atoms with Crippen molar-refractivity contribution in [3.63, 3.8) is 0 Å². The molecule has 0 N–H and O–H groups in total. The maximum Gasteiger partial charge on any atom is 0.0399 e. The summed E-state index contributed by atoms with van der Waals surface area (Å²) in [6.45, 7) is 2.29. The van der Waals surface area contributed by atoms with Crippen molar-refractivity contribution in [2.75, 3.05) is 7.05 Å². The van der Waals surface area contributed by atoms with Crippen LogP contribution < -0.4 is 0 Å². The normalized spacial score (nSPS) is 22.0. The third kappa shape index (κ3) is 1.67. The molecule has 0 amide bonds. The van der Waals surface area contributed by atoms with Crippen LogP contribution in [-0.4, -0.2) is 18.0 Å². The Bertz CT molecular complexity index is 326. The molecule has 1 aliphatic rings. The van der Waals surface area contributed by atoms with Gasteiger partial charge in [0.2, 0.25) is 0 Å². The largest absolute Gasteiger partial charge is 0.372 e. The molecule has 1 aliphatic heterocycles. The monoisotopic (exact) mass is 187 g/mol. The topological polar surface area (TPSA) is 3.24 Å². The van der Waals surface area contributed by atoms with Crippen molar-refractivity contribution < 1.29 is 0 Å². The van der Waals surface area contributed by atoms with Crippen molar-refractivity contribution in [2.45, 2.75) is 25.8 Å². The lowest BCUT2D eigenvalue weighted by molar-refractivity contribution is 0.338. The number of nitrogens with zero attached hydrogens (tertiary/aromatic N) is 1. The fraction of sp³-hybridized carbons (Fsp3) is 0.385. The van der Waals surface area contributed by atoms with Crippen LogP contribution in [0.4, 0.5) is 0 Å². The highest BCUT2D eigenvalue weighted by Crippen LogP contribution is 2.26. The van der Waals surface area contributed by atoms with E-state index >= 15 is 0 Å². The van der Waals surface area contributed by atoms with Gasteiger partial charge in [-0.05, 0) is 25.3 Å². The fourth-order valence-electron chi connectivity index (χ4n) is 1.97. The van der Waals surface area contributed by atoms with Crippen LogP contribution in [0.15, 0.2) is 36.4 Å². The van der Waals surface area contributed by atoms with Gasteiger partial charge in [-0.3, -0.25) is 0 Å². The Hall–Kier alpha value is -1.24. The zero-order chi connectivity index (χ0) is 9.97. The second-order valence-corrected chi connectivity index (χ2v) is 3.99. The van der Waals surface area contributed by atoms with Crippen LogP contribution in [0.2, 0.25) is 0 Å². The van der Waals surface area contributed by atoms with Gasteiger partial charge in [-0.1, -0.05) is 36.4 Å². The molecule has 1 aromatic carbocycles. The molecular formula is C13H17N. The van der Waals surface area contributed by atoms with Crippen molar-refractivity contribution in [2.24, 2.45) is 0 Å². The van der Waals surface area contributed by atoms with Gasteiger partial charge in [0.15, 0.2) is 0 Å². The van der Waals surface area contributed by atoms with Gasteiger partial charge in [0.1, 0.15) is 0 Å². The zero-order valence-corrected chi connectivity index (χ0v) is 8.90. The molecule has 0 aliphatic carbocycles. The Morgan fingerprint density at radius 1 is 1.21 bits per heavy atom. The van der Waals surface area contributed by atoms with Crippen molar-refractivity contribution in [3.05, 3.63) is 42.0 Å². The summed E-state index contributed by atoms with van der Waals surface area (Å²) in [6, 6.07) is 11.3. The summed E-state index contributed by atoms with van der Waals surface area (Å²) < 4.78 is 0. The van der Waals surface area contributed by atoms with Gasteiger partial charge < -0.3 is 4.90 Å². The maximum atomic E-state index is 2.37. The Kier molecular flexibility index (Phi) is 2.58. The van der Waals surface area contributed by atoms with E-state index in [1.54, 1.807) is 0 Å². The molecule has 0 fully saturated rings. The van der Waals surface area contributed by atoms with Crippen LogP contribution in [0.1, 0.15) is 25.3 Å². The Labute approximate surface area is 86.1 Å². The molecule has 1 atom stereocenters. The minimum atomic E-state index is 0.662. The molecule has 0 radical (unpaired) electrons. The maximum absolute atomic E-state index is 2.37. The van der Waals surface area contributed by atoms with Crippen molar-refractivity contribution >= 4 is 5.70 Å². The molecule has 0 spiro atoms. The molecule has 1 nitrogen and oxygen atoms in total. The van der Waals surface area contributed by atoms with Gasteiger partial charge in [0.05, 0.1) is 0 Å². The van der Waals surface area contributed by atoms with E-state index in [0.29, 0.717) is 6.04 Å². The van der Waals surface area contributed by atoms with Gasteiger partial charge in [-0.15, -0.1) is 0 Å². The number of allylic oxidation sites excluding steroid dienone is 1. The molecule has 1 heterocycles. The van der Waals surface area contributed by atoms with E-state index in [9.17, 15) is 0 Å². The highest BCUT2D eigenvalue weighted by Gasteiger charge is 2.17. The van der Waals surface area contributed by atoms with E-state index in [2.05, 4.69) is 55.3 Å². The quantitative estimate of drug-likeness (QED) is 0.653. The third-order valence-corrected chi connectivity index (χ3v) is 3.03. The second kappa shape index (κ2) is 3.87. The van der Waals surface area contributed by atoms with Crippen molar-refractivity contribution in [3.8, 4) is 0 Å². The van der Waals surface area contributed by atoms with E-state index < -0.39 is 0 Å². The van der Waals surface area contributed by atoms with E-state index in [-0.39, 0.29) is 0 Å². The molecule has 14 heavy (non-hydrogen) atoms. The number of hydrogen-bond donors (Lipinski definition) is 0. The van der Waals surface area contributed by atoms with Gasteiger partial charge in [0.25, 0.3) is 0 Å². The highest BCUT2D eigenvalue weighted by molar-refractivity contribution is 5.64. The predicted molar refractivity (Wildman–Crippen MR) is 60.9 cm³/mol. The van der Waals surface area contributed by atoms with E-state index in [1.165, 1.54) is 24.1 Å². The lowest BCUT2D eigenvalue weighted by Gasteiger charge is -2.33. The summed E-state index contributed by atoms with van der Waals surface area (Å²) in [5.41, 5.74) is 2.71. The summed E-state index contributed by atoms with van der Waals surface area (Å²) in [7, 11) is 2.18. The number of rotatable bonds is 1. The zero-order valence-electron chi connectivity index (χ0n) is 8.90. The fourth-order valence-corrected chi connectivity index (χ4v) is 1.97. The Balaban J connectivity index is 2.30. The molecule has 1 heteroatoms. The van der Waals surface area contributed by atoms with Gasteiger partial charge in [-0.25, -0.2) is 0 Å². The van der Waals surface area contributed by atoms with Crippen LogP contribution in [0.3, 0.4) is 0 Å². The van der Waals surface area contributed by atoms with Crippen molar-refractivity contribution in [1.82, 2.24) is 4.90 Å². The first-order valence-corrected chi connectivity index (χ1v) is 5.27. The van der Waals surface area contributed by atoms with Gasteiger partial charge in [-0.2, -0.15) is 0 Å². The number of benzene rings is 1. The van der Waals surface area contributed by atoms with Gasteiger partial charge in [0, 0.05) is 18.8 Å². The standard InChI is InChI=1S/C13H17N/c1-11-7-6-10-13(14(11)2)12-8-4-3-5-9-12/h3-5,8-11H,6-7H2,1-2H3. The summed E-state index contributed by atoms with van der Waals surface area (Å²) in [5, 5.41) is 0. The summed E-state index contributed by atoms with van der Waals surface area (Å²) in [6.07, 6.45) is 4.82. The van der Waals surface area contributed by atoms with Crippen LogP contribution in [0.25, 0.3) is 5.70 Å². The summed E-state index contributed by atoms with van der Waals surface area (Å²) in [5.74, 6) is 0. The molecule has 1 unspecified atom stereocenters. The Morgan fingerprint density at radius 3 is 2.64 bits per heavy atom. The molecule has 1 aromatic rings. The minimum Gasteiger partial charge on any atom is -0.372 e. The molecule has 0 aromatic heterocycles. The summed E-state index contributed by atoms with van der Waals surface area (Å²) >= 11 is 0. The van der Waals surface area contributed by atoms with Crippen LogP contribution in [0.5, 0.6) is 0 Å². The lowest BCUT2D eigenvalue weighted by atomic mass is 10.0. The average molecular weight is 187 g/mol. The van der Waals surface area contributed by atoms with Gasteiger partial charge >= 0.3 is 0 Å². The number of hydrogen-bond acceptors (Lipinski definition) is 1. The molecule has 0 saturated carbocycles. The summed E-state index contributed by atoms with van der Waals surface area (Å²) in [4.78, 5) is 2.37. The molecule has 74 valence electrons. The second-order valence-electron chi connectivity index (χ2n) is 3.99. The predicted octanol–water partition coefficient (Wildman–Crippen LogP) is 3.14. The highest BCUT2D eigenvalue weighted by atomic mass is 15.1. The van der Waals surface area contributed by atoms with E-state index in [1.807, 2.05) is 0 Å². The first-order valence-electron chi connectivity index (χ1n) is 5.27. The van der Waals surface area contributed by atoms with Crippen LogP contribution >= 0.6 is 0 Å². The molecule has 0 bridgehead atoms. The SMILES string of the molecule is CC1CCC=C(c2ccccc2)N1C. The van der Waals surface area contributed by atoms with Crippen molar-refractivity contribution in [1.29, 1.82) is 0 Å². The Morgan fingerprint density at radius 2 is 1.93 bits per heavy atom. The molecular weight excluding hydrogens is 170 g/mol. The third-order valence-electron chi connectivity index (χ3n) is 3.03. The minimum absolute atomic E-state index is 0.662. The van der Waals surface area contributed by atoms with E-state index in [4.69, 9.17) is 0 Å². The first-order chi connectivity index (χ1) is 6.79. The van der Waals surface area contributed by atoms with Crippen LogP contribution in [-0.2, 0) is 0 Å². The molecule has 2 rings (SSSR count). The van der Waals surface area contributed by atoms with E-state index in [0.717, 1.165) is 0 Å². The van der Waals surface area contributed by atoms with Crippen LogP contribution in [0, 0.1) is 0 Å². The smallest absolute Gasteiger partial charge is 0.0399 e. The average Bonchev–Trinajstić information content (AvgIpc) is 2.23. The lowest BCUT2D eigenvalue weighted by Crippen LogP contribution is -2.30. The first kappa shape index (κ1) is 9.32.